The molecule has 2 aromatic carbocycles. The zero-order valence-corrected chi connectivity index (χ0v) is 29.1. The number of hydrogen-bond donors (Lipinski definition) is 2. The fourth-order valence-electron chi connectivity index (χ4n) is 5.64. The number of hydrogen-bond acceptors (Lipinski definition) is 4. The molecule has 2 aromatic rings. The van der Waals surface area contributed by atoms with Crippen LogP contribution >= 0.6 is 0 Å². The molecule has 0 saturated carbocycles. The van der Waals surface area contributed by atoms with Crippen molar-refractivity contribution in [2.75, 3.05) is 19.8 Å². The number of nitrogens with two attached hydrogens (primary N) is 1. The molecule has 4 heteroatoms. The summed E-state index contributed by atoms with van der Waals surface area (Å²) in [6.45, 7) is 19.4. The SMILES string of the molecule is CCCCCCCCOc1ccc(C(C)(C)C)cc1C(O)(CCN)c1cc(C(C)(C)C)ccc1OCCCCCCCC. The minimum atomic E-state index is -1.36. The van der Waals surface area contributed by atoms with Gasteiger partial charge in [0.25, 0.3) is 0 Å². The fraction of sp³-hybridized carbons (Fsp3) is 0.692. The Morgan fingerprint density at radius 1 is 0.581 bits per heavy atom. The molecule has 0 fully saturated rings. The Labute approximate surface area is 265 Å². The first kappa shape index (κ1) is 37.1. The van der Waals surface area contributed by atoms with Crippen LogP contribution in [0.1, 0.15) is 161 Å². The fourth-order valence-corrected chi connectivity index (χ4v) is 5.64. The van der Waals surface area contributed by atoms with Crippen molar-refractivity contribution in [3.05, 3.63) is 58.7 Å². The van der Waals surface area contributed by atoms with E-state index in [9.17, 15) is 5.11 Å². The molecule has 244 valence electrons. The Morgan fingerprint density at radius 3 is 1.30 bits per heavy atom. The van der Waals surface area contributed by atoms with Crippen LogP contribution in [0.2, 0.25) is 0 Å². The Kier molecular flexibility index (Phi) is 15.6. The van der Waals surface area contributed by atoms with Crippen molar-refractivity contribution in [2.24, 2.45) is 5.73 Å². The summed E-state index contributed by atoms with van der Waals surface area (Å²) in [4.78, 5) is 0. The van der Waals surface area contributed by atoms with Gasteiger partial charge in [0.05, 0.1) is 13.2 Å². The van der Waals surface area contributed by atoms with Crippen LogP contribution in [-0.2, 0) is 16.4 Å². The molecular formula is C39H65NO3. The minimum absolute atomic E-state index is 0.0828. The average Bonchev–Trinajstić information content (AvgIpc) is 2.95. The van der Waals surface area contributed by atoms with Gasteiger partial charge in [0.1, 0.15) is 17.1 Å². The molecule has 43 heavy (non-hydrogen) atoms. The third-order valence-corrected chi connectivity index (χ3v) is 8.60. The second-order valence-corrected chi connectivity index (χ2v) is 14.6. The second kappa shape index (κ2) is 18.1. The van der Waals surface area contributed by atoms with Crippen LogP contribution in [-0.4, -0.2) is 24.9 Å². The van der Waals surface area contributed by atoms with Crippen molar-refractivity contribution >= 4 is 0 Å². The molecule has 3 N–H and O–H groups in total. The molecule has 0 radical (unpaired) electrons. The maximum absolute atomic E-state index is 12.9. The first-order valence-electron chi connectivity index (χ1n) is 17.4. The standard InChI is InChI=1S/C39H65NO3/c1-9-11-13-15-17-19-27-42-35-23-21-31(37(3,4)5)29-33(35)39(41,25-26-40)34-30-32(38(6,7)8)22-24-36(34)43-28-20-18-16-14-12-10-2/h21-24,29-30,41H,9-20,25-28,40H2,1-8H3. The first-order valence-corrected chi connectivity index (χ1v) is 17.4. The van der Waals surface area contributed by atoms with Gasteiger partial charge in [0.15, 0.2) is 0 Å². The summed E-state index contributed by atoms with van der Waals surface area (Å²) in [6.07, 6.45) is 14.8. The molecule has 0 aliphatic carbocycles. The molecule has 2 rings (SSSR count). The van der Waals surface area contributed by atoms with E-state index >= 15 is 0 Å². The van der Waals surface area contributed by atoms with Gasteiger partial charge in [-0.05, 0) is 72.0 Å². The molecule has 4 nitrogen and oxygen atoms in total. The van der Waals surface area contributed by atoms with E-state index in [2.05, 4.69) is 91.8 Å². The van der Waals surface area contributed by atoms with Crippen molar-refractivity contribution in [1.29, 1.82) is 0 Å². The van der Waals surface area contributed by atoms with Crippen LogP contribution < -0.4 is 15.2 Å². The van der Waals surface area contributed by atoms with Gasteiger partial charge < -0.3 is 20.3 Å². The highest BCUT2D eigenvalue weighted by molar-refractivity contribution is 5.53. The minimum Gasteiger partial charge on any atom is -0.493 e. The smallest absolute Gasteiger partial charge is 0.125 e. The quantitative estimate of drug-likeness (QED) is 0.149. The maximum Gasteiger partial charge on any atom is 0.125 e. The summed E-state index contributed by atoms with van der Waals surface area (Å²) in [7, 11) is 0. The van der Waals surface area contributed by atoms with E-state index in [1.165, 1.54) is 51.4 Å². The maximum atomic E-state index is 12.9. The van der Waals surface area contributed by atoms with Gasteiger partial charge in [-0.15, -0.1) is 0 Å². The summed E-state index contributed by atoms with van der Waals surface area (Å²) >= 11 is 0. The monoisotopic (exact) mass is 595 g/mol. The Bertz CT molecular complexity index is 984. The number of benzene rings is 2. The molecule has 0 amide bonds. The summed E-state index contributed by atoms with van der Waals surface area (Å²) in [5.74, 6) is 1.47. The second-order valence-electron chi connectivity index (χ2n) is 14.6. The van der Waals surface area contributed by atoms with Crippen LogP contribution in [0.3, 0.4) is 0 Å². The van der Waals surface area contributed by atoms with Gasteiger partial charge in [-0.2, -0.15) is 0 Å². The van der Waals surface area contributed by atoms with Gasteiger partial charge in [-0.1, -0.05) is 132 Å². The summed E-state index contributed by atoms with van der Waals surface area (Å²) in [5.41, 5.74) is 8.62. The number of ether oxygens (including phenoxy) is 2. The Balaban J connectivity index is 2.51. The lowest BCUT2D eigenvalue weighted by atomic mass is 9.76. The molecule has 0 atom stereocenters. The van der Waals surface area contributed by atoms with Crippen molar-refractivity contribution in [3.63, 3.8) is 0 Å². The summed E-state index contributed by atoms with van der Waals surface area (Å²) in [6, 6.07) is 12.7. The van der Waals surface area contributed by atoms with E-state index in [1.54, 1.807) is 0 Å². The summed E-state index contributed by atoms with van der Waals surface area (Å²) in [5, 5.41) is 12.9. The lowest BCUT2D eigenvalue weighted by Crippen LogP contribution is -2.33. The Morgan fingerprint density at radius 2 is 0.953 bits per heavy atom. The molecule has 0 spiro atoms. The molecule has 0 heterocycles. The van der Waals surface area contributed by atoms with Crippen molar-refractivity contribution in [2.45, 2.75) is 155 Å². The van der Waals surface area contributed by atoms with Crippen LogP contribution in [0.5, 0.6) is 11.5 Å². The predicted octanol–water partition coefficient (Wildman–Crippen LogP) is 10.3. The van der Waals surface area contributed by atoms with E-state index in [0.29, 0.717) is 26.2 Å². The van der Waals surface area contributed by atoms with Gasteiger partial charge in [0, 0.05) is 11.1 Å². The number of rotatable bonds is 20. The normalized spacial score (nSPS) is 12.5. The molecule has 0 unspecified atom stereocenters. The zero-order valence-electron chi connectivity index (χ0n) is 29.1. The van der Waals surface area contributed by atoms with E-state index in [1.807, 2.05) is 0 Å². The largest absolute Gasteiger partial charge is 0.493 e. The van der Waals surface area contributed by atoms with E-state index in [4.69, 9.17) is 15.2 Å². The molecule has 0 saturated heterocycles. The third-order valence-electron chi connectivity index (χ3n) is 8.60. The zero-order chi connectivity index (χ0) is 31.9. The van der Waals surface area contributed by atoms with Crippen LogP contribution in [0.4, 0.5) is 0 Å². The van der Waals surface area contributed by atoms with Crippen LogP contribution in [0.15, 0.2) is 36.4 Å². The van der Waals surface area contributed by atoms with Crippen molar-refractivity contribution < 1.29 is 14.6 Å². The lowest BCUT2D eigenvalue weighted by molar-refractivity contribution is 0.0660. The van der Waals surface area contributed by atoms with E-state index in [0.717, 1.165) is 59.4 Å². The third kappa shape index (κ3) is 11.8. The Hall–Kier alpha value is -2.04. The molecule has 0 aliphatic heterocycles. The molecule has 0 bridgehead atoms. The van der Waals surface area contributed by atoms with E-state index in [-0.39, 0.29) is 10.8 Å². The number of aliphatic hydroxyl groups is 1. The topological polar surface area (TPSA) is 64.7 Å². The van der Waals surface area contributed by atoms with Crippen LogP contribution in [0, 0.1) is 0 Å². The van der Waals surface area contributed by atoms with Crippen LogP contribution in [0.25, 0.3) is 0 Å². The van der Waals surface area contributed by atoms with Gasteiger partial charge in [0.2, 0.25) is 0 Å². The van der Waals surface area contributed by atoms with Crippen molar-refractivity contribution in [3.8, 4) is 11.5 Å². The number of unbranched alkanes of at least 4 members (excludes halogenated alkanes) is 10. The van der Waals surface area contributed by atoms with Crippen molar-refractivity contribution in [1.82, 2.24) is 0 Å². The first-order chi connectivity index (χ1) is 20.4. The molecule has 0 aromatic heterocycles. The van der Waals surface area contributed by atoms with E-state index < -0.39 is 5.60 Å². The van der Waals surface area contributed by atoms with Gasteiger partial charge in [-0.25, -0.2) is 0 Å². The highest BCUT2D eigenvalue weighted by atomic mass is 16.5. The molecular weight excluding hydrogens is 530 g/mol. The average molecular weight is 596 g/mol. The predicted molar refractivity (Wildman–Crippen MR) is 185 cm³/mol. The highest BCUT2D eigenvalue weighted by Crippen LogP contribution is 2.45. The lowest BCUT2D eigenvalue weighted by Gasteiger charge is -2.35. The highest BCUT2D eigenvalue weighted by Gasteiger charge is 2.38. The van der Waals surface area contributed by atoms with Gasteiger partial charge in [-0.3, -0.25) is 0 Å². The van der Waals surface area contributed by atoms with Gasteiger partial charge >= 0.3 is 0 Å². The summed E-state index contributed by atoms with van der Waals surface area (Å²) < 4.78 is 12.9. The molecule has 0 aliphatic rings.